The maximum Gasteiger partial charge on any atom is 0.417 e. The molecule has 148 valence electrons. The quantitative estimate of drug-likeness (QED) is 0.227. The Kier molecular flexibility index (Phi) is 9.83. The maximum absolute atomic E-state index is 12.4. The first kappa shape index (κ1) is 22.9. The molecular formula is C17H22F3IN6. The zero-order chi connectivity index (χ0) is 18.8. The molecule has 0 saturated heterocycles. The SMILES string of the molecule is I.NC(=NCCCNc1ccc(C(F)(F)F)cn1)NCCc1ccccn1. The molecule has 0 saturated carbocycles. The zero-order valence-electron chi connectivity index (χ0n) is 14.5. The lowest BCUT2D eigenvalue weighted by Crippen LogP contribution is -2.33. The topological polar surface area (TPSA) is 88.2 Å². The molecule has 2 aromatic rings. The van der Waals surface area contributed by atoms with E-state index >= 15 is 0 Å². The summed E-state index contributed by atoms with van der Waals surface area (Å²) in [6, 6.07) is 8.03. The third kappa shape index (κ3) is 8.89. The Balaban J connectivity index is 0.00000364. The van der Waals surface area contributed by atoms with Gasteiger partial charge in [-0.05, 0) is 30.7 Å². The van der Waals surface area contributed by atoms with E-state index in [0.29, 0.717) is 37.8 Å². The van der Waals surface area contributed by atoms with Crippen molar-refractivity contribution in [1.82, 2.24) is 15.3 Å². The van der Waals surface area contributed by atoms with Crippen molar-refractivity contribution in [3.05, 3.63) is 54.0 Å². The highest BCUT2D eigenvalue weighted by Crippen LogP contribution is 2.28. The van der Waals surface area contributed by atoms with Crippen LogP contribution in [0.4, 0.5) is 19.0 Å². The number of alkyl halides is 3. The number of aliphatic imine (C=N–C) groups is 1. The van der Waals surface area contributed by atoms with E-state index in [1.807, 2.05) is 18.2 Å². The number of anilines is 1. The fourth-order valence-corrected chi connectivity index (χ4v) is 2.08. The van der Waals surface area contributed by atoms with Gasteiger partial charge in [-0.1, -0.05) is 6.07 Å². The number of rotatable bonds is 8. The number of nitrogens with two attached hydrogens (primary N) is 1. The van der Waals surface area contributed by atoms with Crippen LogP contribution in [0.2, 0.25) is 0 Å². The monoisotopic (exact) mass is 494 g/mol. The van der Waals surface area contributed by atoms with Gasteiger partial charge in [-0.25, -0.2) is 4.98 Å². The highest BCUT2D eigenvalue weighted by molar-refractivity contribution is 14.0. The summed E-state index contributed by atoms with van der Waals surface area (Å²) in [5, 5.41) is 5.95. The van der Waals surface area contributed by atoms with Gasteiger partial charge >= 0.3 is 6.18 Å². The smallest absolute Gasteiger partial charge is 0.370 e. The summed E-state index contributed by atoms with van der Waals surface area (Å²) in [5.74, 6) is 0.747. The van der Waals surface area contributed by atoms with Gasteiger partial charge in [0.15, 0.2) is 5.96 Å². The fraction of sp³-hybridized carbons (Fsp3) is 0.353. The Bertz CT molecular complexity index is 692. The minimum absolute atomic E-state index is 0. The molecular weight excluding hydrogens is 472 g/mol. The molecule has 10 heteroatoms. The summed E-state index contributed by atoms with van der Waals surface area (Å²) >= 11 is 0. The van der Waals surface area contributed by atoms with Crippen molar-refractivity contribution >= 4 is 35.8 Å². The zero-order valence-corrected chi connectivity index (χ0v) is 16.9. The molecule has 27 heavy (non-hydrogen) atoms. The number of halogens is 4. The van der Waals surface area contributed by atoms with Crippen LogP contribution in [0.1, 0.15) is 17.7 Å². The molecule has 0 unspecified atom stereocenters. The Hall–Kier alpha value is -2.11. The van der Waals surface area contributed by atoms with E-state index in [1.165, 1.54) is 6.07 Å². The molecule has 0 aliphatic rings. The maximum atomic E-state index is 12.4. The first-order valence-electron chi connectivity index (χ1n) is 8.16. The van der Waals surface area contributed by atoms with E-state index in [4.69, 9.17) is 5.73 Å². The standard InChI is InChI=1S/C17H21F3N6.HI/c18-17(19,20)13-5-6-15(26-12-13)23-9-3-10-24-16(21)25-11-7-14-4-1-2-8-22-14;/h1-2,4-6,8,12H,3,7,9-11H2,(H,23,26)(H3,21,24,25);1H. The highest BCUT2D eigenvalue weighted by atomic mass is 127. The number of nitrogens with one attached hydrogen (secondary N) is 2. The van der Waals surface area contributed by atoms with Crippen molar-refractivity contribution in [1.29, 1.82) is 0 Å². The van der Waals surface area contributed by atoms with Gasteiger partial charge in [0.1, 0.15) is 5.82 Å². The van der Waals surface area contributed by atoms with E-state index < -0.39 is 11.7 Å². The van der Waals surface area contributed by atoms with Gasteiger partial charge < -0.3 is 16.4 Å². The van der Waals surface area contributed by atoms with E-state index in [9.17, 15) is 13.2 Å². The van der Waals surface area contributed by atoms with Crippen LogP contribution in [-0.4, -0.2) is 35.6 Å². The van der Waals surface area contributed by atoms with Gasteiger partial charge in [0.2, 0.25) is 0 Å². The number of guanidine groups is 1. The van der Waals surface area contributed by atoms with Crippen LogP contribution >= 0.6 is 24.0 Å². The lowest BCUT2D eigenvalue weighted by molar-refractivity contribution is -0.137. The minimum Gasteiger partial charge on any atom is -0.370 e. The summed E-state index contributed by atoms with van der Waals surface area (Å²) in [7, 11) is 0. The molecule has 0 aliphatic heterocycles. The average Bonchev–Trinajstić information content (AvgIpc) is 2.62. The molecule has 0 bridgehead atoms. The molecule has 2 heterocycles. The third-order valence-electron chi connectivity index (χ3n) is 3.43. The molecule has 4 N–H and O–H groups in total. The molecule has 0 amide bonds. The van der Waals surface area contributed by atoms with Crippen LogP contribution in [0.25, 0.3) is 0 Å². The summed E-state index contributed by atoms with van der Waals surface area (Å²) in [4.78, 5) is 12.1. The Morgan fingerprint density at radius 1 is 1.11 bits per heavy atom. The summed E-state index contributed by atoms with van der Waals surface area (Å²) in [6.45, 7) is 1.67. The minimum atomic E-state index is -4.37. The number of hydrogen-bond donors (Lipinski definition) is 3. The van der Waals surface area contributed by atoms with Gasteiger partial charge in [0.05, 0.1) is 5.56 Å². The third-order valence-corrected chi connectivity index (χ3v) is 3.43. The Labute approximate surface area is 172 Å². The van der Waals surface area contributed by atoms with Crippen LogP contribution in [0.3, 0.4) is 0 Å². The van der Waals surface area contributed by atoms with Gasteiger partial charge in [-0.15, -0.1) is 24.0 Å². The van der Waals surface area contributed by atoms with Gasteiger partial charge in [-0.2, -0.15) is 13.2 Å². The van der Waals surface area contributed by atoms with Gasteiger partial charge in [0.25, 0.3) is 0 Å². The van der Waals surface area contributed by atoms with Gasteiger partial charge in [0, 0.05) is 44.1 Å². The second kappa shape index (κ2) is 11.6. The highest BCUT2D eigenvalue weighted by Gasteiger charge is 2.30. The first-order chi connectivity index (χ1) is 12.4. The molecule has 0 atom stereocenters. The van der Waals surface area contributed by atoms with Crippen LogP contribution in [0.15, 0.2) is 47.7 Å². The van der Waals surface area contributed by atoms with Crippen LogP contribution < -0.4 is 16.4 Å². The van der Waals surface area contributed by atoms with E-state index in [2.05, 4.69) is 25.6 Å². The fourth-order valence-electron chi connectivity index (χ4n) is 2.08. The van der Waals surface area contributed by atoms with E-state index in [-0.39, 0.29) is 24.0 Å². The molecule has 0 fully saturated rings. The molecule has 0 spiro atoms. The lowest BCUT2D eigenvalue weighted by Gasteiger charge is -2.08. The van der Waals surface area contributed by atoms with Crippen molar-refractivity contribution in [2.75, 3.05) is 25.0 Å². The Morgan fingerprint density at radius 2 is 1.93 bits per heavy atom. The number of aromatic nitrogens is 2. The van der Waals surface area contributed by atoms with E-state index in [0.717, 1.165) is 24.4 Å². The second-order valence-corrected chi connectivity index (χ2v) is 5.48. The van der Waals surface area contributed by atoms with Crippen molar-refractivity contribution < 1.29 is 13.2 Å². The largest absolute Gasteiger partial charge is 0.417 e. The normalized spacial score (nSPS) is 11.6. The van der Waals surface area contributed by atoms with Crippen molar-refractivity contribution in [2.24, 2.45) is 10.7 Å². The van der Waals surface area contributed by atoms with E-state index in [1.54, 1.807) is 6.20 Å². The molecule has 0 radical (unpaired) electrons. The predicted molar refractivity (Wildman–Crippen MR) is 110 cm³/mol. The number of hydrogen-bond acceptors (Lipinski definition) is 4. The summed E-state index contributed by atoms with van der Waals surface area (Å²) < 4.78 is 37.3. The predicted octanol–water partition coefficient (Wildman–Crippen LogP) is 3.06. The summed E-state index contributed by atoms with van der Waals surface area (Å²) in [6.07, 6.45) is -0.403. The number of pyridine rings is 2. The average molecular weight is 494 g/mol. The van der Waals surface area contributed by atoms with Crippen molar-refractivity contribution in [3.8, 4) is 0 Å². The second-order valence-electron chi connectivity index (χ2n) is 5.48. The Morgan fingerprint density at radius 3 is 2.56 bits per heavy atom. The summed E-state index contributed by atoms with van der Waals surface area (Å²) in [5.41, 5.74) is 5.97. The molecule has 0 aromatic carbocycles. The van der Waals surface area contributed by atoms with Gasteiger partial charge in [-0.3, -0.25) is 9.98 Å². The van der Waals surface area contributed by atoms with Crippen molar-refractivity contribution in [3.63, 3.8) is 0 Å². The van der Waals surface area contributed by atoms with Crippen LogP contribution in [0.5, 0.6) is 0 Å². The van der Waals surface area contributed by atoms with Crippen LogP contribution in [0, 0.1) is 0 Å². The molecule has 0 aliphatic carbocycles. The number of nitrogens with zero attached hydrogens (tertiary/aromatic N) is 3. The molecule has 2 aromatic heterocycles. The van der Waals surface area contributed by atoms with Crippen LogP contribution in [-0.2, 0) is 12.6 Å². The molecule has 6 nitrogen and oxygen atoms in total. The first-order valence-corrected chi connectivity index (χ1v) is 8.16. The lowest BCUT2D eigenvalue weighted by atomic mass is 10.3. The molecule has 2 rings (SSSR count). The van der Waals surface area contributed by atoms with Crippen molar-refractivity contribution in [2.45, 2.75) is 19.0 Å².